The molecule has 1 aromatic carbocycles. The standard InChI is InChI=1S/C15H12ClF3N6O/c1-24-12(15(17,18)19)6-11(22-24)13(26)21-14-20-8-25(23-14)7-9-4-2-3-5-10(9)16/h2-6,8H,7H2,1H3,(H,21,23,26). The van der Waals surface area contributed by atoms with Crippen molar-refractivity contribution >= 4 is 23.5 Å². The van der Waals surface area contributed by atoms with Crippen molar-refractivity contribution in [3.63, 3.8) is 0 Å². The Hall–Kier alpha value is -2.88. The van der Waals surface area contributed by atoms with Crippen molar-refractivity contribution in [1.82, 2.24) is 24.5 Å². The van der Waals surface area contributed by atoms with Gasteiger partial charge in [0.1, 0.15) is 12.0 Å². The lowest BCUT2D eigenvalue weighted by Crippen LogP contribution is -2.14. The molecule has 2 aromatic heterocycles. The second kappa shape index (κ2) is 6.79. The predicted molar refractivity (Wildman–Crippen MR) is 86.7 cm³/mol. The SMILES string of the molecule is Cn1nc(C(=O)Nc2ncn(Cc3ccccc3Cl)n2)cc1C(F)(F)F. The van der Waals surface area contributed by atoms with Crippen molar-refractivity contribution in [3.05, 3.63) is 58.6 Å². The van der Waals surface area contributed by atoms with Gasteiger partial charge in [0.05, 0.1) is 6.54 Å². The van der Waals surface area contributed by atoms with Crippen molar-refractivity contribution in [2.45, 2.75) is 12.7 Å². The van der Waals surface area contributed by atoms with Crippen LogP contribution in [0, 0.1) is 0 Å². The van der Waals surface area contributed by atoms with Crippen molar-refractivity contribution in [2.75, 3.05) is 5.32 Å². The molecule has 26 heavy (non-hydrogen) atoms. The average molecular weight is 385 g/mol. The molecule has 2 heterocycles. The summed E-state index contributed by atoms with van der Waals surface area (Å²) in [5.41, 5.74) is -0.612. The number of amides is 1. The van der Waals surface area contributed by atoms with E-state index in [0.717, 1.165) is 12.6 Å². The molecular formula is C15H12ClF3N6O. The predicted octanol–water partition coefficient (Wildman–Crippen LogP) is 2.98. The van der Waals surface area contributed by atoms with Gasteiger partial charge in [0.25, 0.3) is 5.91 Å². The normalized spacial score (nSPS) is 11.6. The largest absolute Gasteiger partial charge is 0.433 e. The van der Waals surface area contributed by atoms with Gasteiger partial charge in [-0.05, 0) is 11.6 Å². The van der Waals surface area contributed by atoms with Gasteiger partial charge < -0.3 is 0 Å². The number of benzene rings is 1. The molecule has 0 radical (unpaired) electrons. The maximum absolute atomic E-state index is 12.8. The number of rotatable bonds is 4. The zero-order chi connectivity index (χ0) is 18.9. The zero-order valence-corrected chi connectivity index (χ0v) is 14.1. The maximum Gasteiger partial charge on any atom is 0.433 e. The number of carbonyl (C=O) groups excluding carboxylic acids is 1. The molecular weight excluding hydrogens is 373 g/mol. The van der Waals surface area contributed by atoms with Gasteiger partial charge in [-0.15, -0.1) is 5.10 Å². The van der Waals surface area contributed by atoms with Gasteiger partial charge in [-0.2, -0.15) is 18.3 Å². The number of hydrogen-bond donors (Lipinski definition) is 1. The summed E-state index contributed by atoms with van der Waals surface area (Å²) in [6, 6.07) is 7.82. The number of anilines is 1. The van der Waals surface area contributed by atoms with Crippen molar-refractivity contribution in [3.8, 4) is 0 Å². The van der Waals surface area contributed by atoms with E-state index in [-0.39, 0.29) is 11.6 Å². The van der Waals surface area contributed by atoms with Crippen LogP contribution in [0.4, 0.5) is 19.1 Å². The number of nitrogens with one attached hydrogen (secondary N) is 1. The molecule has 0 bridgehead atoms. The van der Waals surface area contributed by atoms with Crippen LogP contribution in [0.5, 0.6) is 0 Å². The summed E-state index contributed by atoms with van der Waals surface area (Å²) in [5.74, 6) is -0.896. The average Bonchev–Trinajstić information content (AvgIpc) is 3.16. The Bertz CT molecular complexity index is 949. The summed E-state index contributed by atoms with van der Waals surface area (Å²) >= 11 is 6.07. The highest BCUT2D eigenvalue weighted by molar-refractivity contribution is 6.31. The van der Waals surface area contributed by atoms with Crippen molar-refractivity contribution in [1.29, 1.82) is 0 Å². The number of halogens is 4. The lowest BCUT2D eigenvalue weighted by atomic mass is 10.2. The van der Waals surface area contributed by atoms with Crippen LogP contribution in [-0.4, -0.2) is 30.5 Å². The molecule has 0 fully saturated rings. The number of nitrogens with zero attached hydrogens (tertiary/aromatic N) is 5. The number of alkyl halides is 3. The zero-order valence-electron chi connectivity index (χ0n) is 13.3. The molecule has 0 spiro atoms. The Morgan fingerprint density at radius 1 is 1.27 bits per heavy atom. The Kier molecular flexibility index (Phi) is 4.68. The van der Waals surface area contributed by atoms with E-state index in [1.54, 1.807) is 12.1 Å². The summed E-state index contributed by atoms with van der Waals surface area (Å²) in [4.78, 5) is 16.0. The Morgan fingerprint density at radius 3 is 2.65 bits per heavy atom. The molecule has 0 aliphatic heterocycles. The van der Waals surface area contributed by atoms with Gasteiger partial charge in [-0.3, -0.25) is 14.8 Å². The van der Waals surface area contributed by atoms with Gasteiger partial charge in [0, 0.05) is 18.1 Å². The van der Waals surface area contributed by atoms with Crippen molar-refractivity contribution < 1.29 is 18.0 Å². The number of hydrogen-bond acceptors (Lipinski definition) is 4. The highest BCUT2D eigenvalue weighted by Gasteiger charge is 2.35. The summed E-state index contributed by atoms with van der Waals surface area (Å²) < 4.78 is 40.3. The topological polar surface area (TPSA) is 77.6 Å². The van der Waals surface area contributed by atoms with E-state index in [1.807, 2.05) is 12.1 Å². The highest BCUT2D eigenvalue weighted by atomic mass is 35.5. The lowest BCUT2D eigenvalue weighted by molar-refractivity contribution is -0.143. The van der Waals surface area contributed by atoms with Crippen LogP contribution in [-0.2, 0) is 19.8 Å². The number of aryl methyl sites for hydroxylation is 1. The minimum atomic E-state index is -4.60. The van der Waals surface area contributed by atoms with Crippen LogP contribution in [0.1, 0.15) is 21.7 Å². The molecule has 1 amide bonds. The minimum absolute atomic E-state index is 0.0544. The first-order chi connectivity index (χ1) is 12.2. The van der Waals surface area contributed by atoms with E-state index >= 15 is 0 Å². The fourth-order valence-corrected chi connectivity index (χ4v) is 2.43. The molecule has 11 heteroatoms. The Balaban J connectivity index is 1.71. The molecule has 0 atom stereocenters. The minimum Gasteiger partial charge on any atom is -0.288 e. The van der Waals surface area contributed by atoms with E-state index in [0.29, 0.717) is 22.3 Å². The molecule has 3 rings (SSSR count). The summed E-state index contributed by atoms with van der Waals surface area (Å²) in [6.07, 6.45) is -3.23. The number of aromatic nitrogens is 5. The fraction of sp³-hybridized carbons (Fsp3) is 0.200. The van der Waals surface area contributed by atoms with E-state index in [4.69, 9.17) is 11.6 Å². The lowest BCUT2D eigenvalue weighted by Gasteiger charge is -2.04. The van der Waals surface area contributed by atoms with Crippen LogP contribution >= 0.6 is 11.6 Å². The molecule has 0 unspecified atom stereocenters. The summed E-state index contributed by atoms with van der Waals surface area (Å²) in [6.45, 7) is 0.324. The highest BCUT2D eigenvalue weighted by Crippen LogP contribution is 2.29. The monoisotopic (exact) mass is 384 g/mol. The van der Waals surface area contributed by atoms with Crippen LogP contribution in [0.25, 0.3) is 0 Å². The van der Waals surface area contributed by atoms with Crippen LogP contribution < -0.4 is 5.32 Å². The van der Waals surface area contributed by atoms with E-state index in [9.17, 15) is 18.0 Å². The maximum atomic E-state index is 12.8. The van der Waals surface area contributed by atoms with Gasteiger partial charge in [-0.25, -0.2) is 9.67 Å². The van der Waals surface area contributed by atoms with Crippen LogP contribution in [0.15, 0.2) is 36.7 Å². The van der Waals surface area contributed by atoms with Gasteiger partial charge >= 0.3 is 6.18 Å². The van der Waals surface area contributed by atoms with Crippen LogP contribution in [0.2, 0.25) is 5.02 Å². The summed E-state index contributed by atoms with van der Waals surface area (Å²) in [7, 11) is 1.11. The quantitative estimate of drug-likeness (QED) is 0.750. The molecule has 1 N–H and O–H groups in total. The smallest absolute Gasteiger partial charge is 0.288 e. The second-order valence-electron chi connectivity index (χ2n) is 5.35. The Morgan fingerprint density at radius 2 is 2.00 bits per heavy atom. The van der Waals surface area contributed by atoms with Gasteiger partial charge in [0.2, 0.25) is 5.95 Å². The van der Waals surface area contributed by atoms with E-state index in [1.165, 1.54) is 11.0 Å². The third-order valence-electron chi connectivity index (χ3n) is 3.45. The molecule has 0 aliphatic carbocycles. The molecule has 0 aliphatic rings. The second-order valence-corrected chi connectivity index (χ2v) is 5.75. The summed E-state index contributed by atoms with van der Waals surface area (Å²) in [5, 5.41) is 10.5. The third kappa shape index (κ3) is 3.85. The van der Waals surface area contributed by atoms with Crippen LogP contribution in [0.3, 0.4) is 0 Å². The molecule has 3 aromatic rings. The number of carbonyl (C=O) groups is 1. The Labute approximate surface area is 150 Å². The first-order valence-corrected chi connectivity index (χ1v) is 7.67. The first kappa shape index (κ1) is 17.9. The van der Waals surface area contributed by atoms with Gasteiger partial charge in [0.15, 0.2) is 5.69 Å². The fourth-order valence-electron chi connectivity index (χ4n) is 2.24. The van der Waals surface area contributed by atoms with E-state index in [2.05, 4.69) is 20.5 Å². The molecule has 136 valence electrons. The third-order valence-corrected chi connectivity index (χ3v) is 3.82. The van der Waals surface area contributed by atoms with E-state index < -0.39 is 17.8 Å². The molecule has 0 saturated carbocycles. The van der Waals surface area contributed by atoms with Gasteiger partial charge in [-0.1, -0.05) is 29.8 Å². The van der Waals surface area contributed by atoms with Crippen molar-refractivity contribution in [2.24, 2.45) is 7.05 Å². The molecule has 0 saturated heterocycles. The first-order valence-electron chi connectivity index (χ1n) is 7.29. The molecule has 7 nitrogen and oxygen atoms in total.